The summed E-state index contributed by atoms with van der Waals surface area (Å²) in [5.41, 5.74) is 0.993. The van der Waals surface area contributed by atoms with E-state index < -0.39 is 0 Å². The Labute approximate surface area is 150 Å². The summed E-state index contributed by atoms with van der Waals surface area (Å²) in [4.78, 5) is 12.3. The van der Waals surface area contributed by atoms with E-state index in [9.17, 15) is 4.79 Å². The molecule has 2 aromatic carbocycles. The maximum atomic E-state index is 12.3. The highest BCUT2D eigenvalue weighted by Crippen LogP contribution is 2.34. The second-order valence-corrected chi connectivity index (χ2v) is 6.18. The van der Waals surface area contributed by atoms with Crippen molar-refractivity contribution in [2.24, 2.45) is 0 Å². The Hall–Kier alpha value is -1.42. The van der Waals surface area contributed by atoms with E-state index >= 15 is 0 Å². The molecule has 6 heteroatoms. The van der Waals surface area contributed by atoms with Crippen LogP contribution in [-0.4, -0.2) is 12.5 Å². The van der Waals surface area contributed by atoms with Crippen LogP contribution in [0.3, 0.4) is 0 Å². The average Bonchev–Trinajstić information content (AvgIpc) is 2.52. The first-order chi connectivity index (χ1) is 11.0. The first-order valence-corrected chi connectivity index (χ1v) is 8.33. The number of nitrogens with one attached hydrogen (secondary N) is 1. The number of carbonyl (C=O) groups excluding carboxylic acids is 1. The van der Waals surface area contributed by atoms with Crippen molar-refractivity contribution in [3.8, 4) is 5.75 Å². The zero-order valence-electron chi connectivity index (χ0n) is 12.5. The van der Waals surface area contributed by atoms with Gasteiger partial charge in [0.2, 0.25) is 0 Å². The first-order valence-electron chi connectivity index (χ1n) is 7.20. The molecule has 3 nitrogen and oxygen atoms in total. The monoisotopic (exact) mass is 371 g/mol. The minimum absolute atomic E-state index is 0.309. The molecule has 0 atom stereocenters. The molecule has 2 rings (SSSR count). The summed E-state index contributed by atoms with van der Waals surface area (Å²) >= 11 is 18.2. The number of hydrogen-bond donors (Lipinski definition) is 1. The molecule has 0 fully saturated rings. The van der Waals surface area contributed by atoms with Gasteiger partial charge in [0, 0.05) is 16.3 Å². The van der Waals surface area contributed by atoms with Gasteiger partial charge in [-0.05, 0) is 42.8 Å². The molecule has 0 heterocycles. The van der Waals surface area contributed by atoms with Crippen LogP contribution in [0.1, 0.15) is 30.1 Å². The van der Waals surface area contributed by atoms with Gasteiger partial charge in [0.25, 0.3) is 5.91 Å². The Kier molecular flexibility index (Phi) is 6.58. The molecule has 23 heavy (non-hydrogen) atoms. The Balaban J connectivity index is 2.13. The van der Waals surface area contributed by atoms with E-state index in [0.717, 1.165) is 12.8 Å². The van der Waals surface area contributed by atoms with E-state index in [4.69, 9.17) is 39.5 Å². The van der Waals surface area contributed by atoms with Crippen LogP contribution < -0.4 is 10.1 Å². The summed E-state index contributed by atoms with van der Waals surface area (Å²) in [7, 11) is 0. The first kappa shape index (κ1) is 17.9. The third-order valence-electron chi connectivity index (χ3n) is 3.11. The van der Waals surface area contributed by atoms with E-state index in [0.29, 0.717) is 38.7 Å². The topological polar surface area (TPSA) is 38.3 Å². The van der Waals surface area contributed by atoms with Crippen molar-refractivity contribution in [2.75, 3.05) is 11.9 Å². The highest BCUT2D eigenvalue weighted by molar-refractivity contribution is 6.37. The smallest absolute Gasteiger partial charge is 0.255 e. The fourth-order valence-electron chi connectivity index (χ4n) is 1.88. The molecular weight excluding hydrogens is 357 g/mol. The molecule has 1 amide bonds. The third-order valence-corrected chi connectivity index (χ3v) is 3.92. The van der Waals surface area contributed by atoms with Crippen molar-refractivity contribution < 1.29 is 9.53 Å². The Bertz CT molecular complexity index is 664. The predicted molar refractivity (Wildman–Crippen MR) is 96.3 cm³/mol. The number of hydrogen-bond acceptors (Lipinski definition) is 2. The van der Waals surface area contributed by atoms with Crippen LogP contribution >= 0.6 is 34.8 Å². The van der Waals surface area contributed by atoms with Crippen LogP contribution in [-0.2, 0) is 0 Å². The summed E-state index contributed by atoms with van der Waals surface area (Å²) < 4.78 is 5.56. The lowest BCUT2D eigenvalue weighted by molar-refractivity contribution is 0.102. The Morgan fingerprint density at radius 2 is 1.70 bits per heavy atom. The molecule has 0 aliphatic carbocycles. The molecular formula is C17H16Cl3NO2. The number of benzene rings is 2. The van der Waals surface area contributed by atoms with Gasteiger partial charge in [-0.25, -0.2) is 0 Å². The summed E-state index contributed by atoms with van der Waals surface area (Å²) in [5, 5.41) is 3.99. The van der Waals surface area contributed by atoms with Crippen LogP contribution in [0.5, 0.6) is 5.75 Å². The van der Waals surface area contributed by atoms with Gasteiger partial charge in [-0.1, -0.05) is 48.1 Å². The number of amides is 1. The van der Waals surface area contributed by atoms with E-state index in [2.05, 4.69) is 12.2 Å². The van der Waals surface area contributed by atoms with E-state index in [-0.39, 0.29) is 5.91 Å². The molecule has 1 N–H and O–H groups in total. The number of rotatable bonds is 6. The van der Waals surface area contributed by atoms with Crippen molar-refractivity contribution in [3.63, 3.8) is 0 Å². The second-order valence-electron chi connectivity index (χ2n) is 4.93. The molecule has 122 valence electrons. The molecule has 0 aliphatic heterocycles. The predicted octanol–water partition coefficient (Wildman–Crippen LogP) is 6.08. The molecule has 0 aliphatic rings. The minimum Gasteiger partial charge on any atom is -0.490 e. The molecule has 0 saturated heterocycles. The molecule has 2 aromatic rings. The van der Waals surface area contributed by atoms with Crippen molar-refractivity contribution in [2.45, 2.75) is 19.8 Å². The molecule has 0 bridgehead atoms. The maximum Gasteiger partial charge on any atom is 0.255 e. The van der Waals surface area contributed by atoms with Crippen LogP contribution in [0, 0.1) is 0 Å². The van der Waals surface area contributed by atoms with E-state index in [1.165, 1.54) is 0 Å². The zero-order chi connectivity index (χ0) is 16.8. The van der Waals surface area contributed by atoms with E-state index in [1.54, 1.807) is 36.4 Å². The maximum absolute atomic E-state index is 12.3. The van der Waals surface area contributed by atoms with Crippen LogP contribution in [0.15, 0.2) is 36.4 Å². The van der Waals surface area contributed by atoms with E-state index in [1.807, 2.05) is 0 Å². The Morgan fingerprint density at radius 1 is 1.09 bits per heavy atom. The summed E-state index contributed by atoms with van der Waals surface area (Å²) in [5.74, 6) is 0.0982. The number of carbonyl (C=O) groups is 1. The highest BCUT2D eigenvalue weighted by atomic mass is 35.5. The number of halogens is 3. The second kappa shape index (κ2) is 8.44. The third kappa shape index (κ3) is 5.03. The normalized spacial score (nSPS) is 10.4. The van der Waals surface area contributed by atoms with Crippen molar-refractivity contribution in [3.05, 3.63) is 57.0 Å². The van der Waals surface area contributed by atoms with Gasteiger partial charge in [-0.15, -0.1) is 0 Å². The molecule has 0 spiro atoms. The van der Waals surface area contributed by atoms with Gasteiger partial charge in [0.05, 0.1) is 16.7 Å². The van der Waals surface area contributed by atoms with Gasteiger partial charge >= 0.3 is 0 Å². The number of ether oxygens (including phenoxy) is 1. The van der Waals surface area contributed by atoms with Gasteiger partial charge in [-0.2, -0.15) is 0 Å². The zero-order valence-corrected chi connectivity index (χ0v) is 14.8. The van der Waals surface area contributed by atoms with Crippen molar-refractivity contribution in [1.82, 2.24) is 0 Å². The van der Waals surface area contributed by atoms with Gasteiger partial charge in [0.15, 0.2) is 5.75 Å². The fraction of sp³-hybridized carbons (Fsp3) is 0.235. The van der Waals surface area contributed by atoms with Crippen LogP contribution in [0.25, 0.3) is 0 Å². The largest absolute Gasteiger partial charge is 0.490 e. The lowest BCUT2D eigenvalue weighted by atomic mass is 10.2. The summed E-state index contributed by atoms with van der Waals surface area (Å²) in [6.07, 6.45) is 1.92. The SMILES string of the molecule is CCCCOc1c(Cl)cc(C(=O)Nc2ccc(Cl)cc2)cc1Cl. The standard InChI is InChI=1S/C17H16Cl3NO2/c1-2-3-8-23-16-14(19)9-11(10-15(16)20)17(22)21-13-6-4-12(18)5-7-13/h4-7,9-10H,2-3,8H2,1H3,(H,21,22). The van der Waals surface area contributed by atoms with Gasteiger partial charge in [0.1, 0.15) is 0 Å². The highest BCUT2D eigenvalue weighted by Gasteiger charge is 2.14. The molecule has 0 unspecified atom stereocenters. The lowest BCUT2D eigenvalue weighted by Crippen LogP contribution is -2.12. The number of anilines is 1. The van der Waals surface area contributed by atoms with Gasteiger partial charge in [-0.3, -0.25) is 4.79 Å². The molecule has 0 aromatic heterocycles. The lowest BCUT2D eigenvalue weighted by Gasteiger charge is -2.12. The average molecular weight is 373 g/mol. The summed E-state index contributed by atoms with van der Waals surface area (Å²) in [6.45, 7) is 2.60. The van der Waals surface area contributed by atoms with Crippen LogP contribution in [0.2, 0.25) is 15.1 Å². The van der Waals surface area contributed by atoms with Crippen LogP contribution in [0.4, 0.5) is 5.69 Å². The quantitative estimate of drug-likeness (QED) is 0.624. The van der Waals surface area contributed by atoms with Crippen molar-refractivity contribution in [1.29, 1.82) is 0 Å². The van der Waals surface area contributed by atoms with Crippen molar-refractivity contribution >= 4 is 46.4 Å². The molecule has 0 radical (unpaired) electrons. The fourth-order valence-corrected chi connectivity index (χ4v) is 2.61. The Morgan fingerprint density at radius 3 is 2.26 bits per heavy atom. The minimum atomic E-state index is -0.309. The molecule has 0 saturated carbocycles. The van der Waals surface area contributed by atoms with Gasteiger partial charge < -0.3 is 10.1 Å². The number of unbranched alkanes of at least 4 members (excludes halogenated alkanes) is 1. The summed E-state index contributed by atoms with van der Waals surface area (Å²) in [6, 6.07) is 9.90.